The standard InChI is InChI=1S/C31H48ClN3O2/c1-22(2)20-31(30(36)37-5)28(35(21-33-31)27-9-7-6-8-10-27)19-23-11-13-24(14-12-23)29(34(3)4)25-15-17-26(32)18-16-25/h15-18,21-24,27-29H,6-14,19-20H2,1-5H3. The van der Waals surface area contributed by atoms with E-state index >= 15 is 0 Å². The minimum atomic E-state index is -0.771. The van der Waals surface area contributed by atoms with Gasteiger partial charge in [-0.15, -0.1) is 0 Å². The fourth-order valence-corrected chi connectivity index (χ4v) is 7.72. The van der Waals surface area contributed by atoms with Gasteiger partial charge in [-0.3, -0.25) is 4.99 Å². The van der Waals surface area contributed by atoms with Crippen molar-refractivity contribution in [2.45, 2.75) is 108 Å². The van der Waals surface area contributed by atoms with Crippen LogP contribution in [0.3, 0.4) is 0 Å². The van der Waals surface area contributed by atoms with Gasteiger partial charge in [0.25, 0.3) is 0 Å². The number of ether oxygens (including phenoxy) is 1. The highest BCUT2D eigenvalue weighted by Gasteiger charge is 2.54. The molecule has 2 fully saturated rings. The lowest BCUT2D eigenvalue weighted by atomic mass is 9.71. The van der Waals surface area contributed by atoms with Crippen LogP contribution in [-0.2, 0) is 9.53 Å². The van der Waals surface area contributed by atoms with Gasteiger partial charge in [0.15, 0.2) is 5.54 Å². The SMILES string of the molecule is COC(=O)C1(CC(C)C)N=CN(C2CCCCC2)C1CC1CCC(C(c2ccc(Cl)cc2)N(C)C)CC1. The summed E-state index contributed by atoms with van der Waals surface area (Å²) < 4.78 is 5.43. The summed E-state index contributed by atoms with van der Waals surface area (Å²) in [6.07, 6.45) is 14.9. The summed E-state index contributed by atoms with van der Waals surface area (Å²) in [7, 11) is 5.92. The van der Waals surface area contributed by atoms with Crippen LogP contribution < -0.4 is 0 Å². The minimum Gasteiger partial charge on any atom is -0.467 e. The molecule has 1 aliphatic heterocycles. The van der Waals surface area contributed by atoms with Crippen LogP contribution in [0.25, 0.3) is 0 Å². The molecule has 206 valence electrons. The molecule has 1 heterocycles. The number of carbonyl (C=O) groups excluding carboxylic acids is 1. The van der Waals surface area contributed by atoms with E-state index in [1.165, 1.54) is 70.5 Å². The maximum Gasteiger partial charge on any atom is 0.335 e. The van der Waals surface area contributed by atoms with Crippen molar-refractivity contribution in [1.82, 2.24) is 9.80 Å². The molecule has 3 aliphatic rings. The molecule has 37 heavy (non-hydrogen) atoms. The van der Waals surface area contributed by atoms with E-state index in [-0.39, 0.29) is 12.0 Å². The van der Waals surface area contributed by atoms with Gasteiger partial charge >= 0.3 is 5.97 Å². The molecular weight excluding hydrogens is 482 g/mol. The average Bonchev–Trinajstić information content (AvgIpc) is 3.24. The van der Waals surface area contributed by atoms with Crippen molar-refractivity contribution >= 4 is 23.9 Å². The Bertz CT molecular complexity index is 904. The van der Waals surface area contributed by atoms with Gasteiger partial charge < -0.3 is 14.5 Å². The zero-order valence-corrected chi connectivity index (χ0v) is 24.4. The average molecular weight is 530 g/mol. The van der Waals surface area contributed by atoms with E-state index in [1.807, 2.05) is 18.5 Å². The second-order valence-corrected chi connectivity index (χ2v) is 12.9. The van der Waals surface area contributed by atoms with Gasteiger partial charge in [0.1, 0.15) is 0 Å². The van der Waals surface area contributed by atoms with Gasteiger partial charge in [-0.05, 0) is 88.1 Å². The molecule has 2 saturated carbocycles. The first-order chi connectivity index (χ1) is 17.7. The largest absolute Gasteiger partial charge is 0.467 e. The summed E-state index contributed by atoms with van der Waals surface area (Å²) >= 11 is 6.18. The van der Waals surface area contributed by atoms with Crippen LogP contribution in [0, 0.1) is 17.8 Å². The Morgan fingerprint density at radius 2 is 1.73 bits per heavy atom. The number of esters is 1. The Balaban J connectivity index is 1.50. The molecule has 0 N–H and O–H groups in total. The van der Waals surface area contributed by atoms with Crippen LogP contribution in [-0.4, -0.2) is 60.9 Å². The van der Waals surface area contributed by atoms with Crippen LogP contribution in [0.1, 0.15) is 96.1 Å². The van der Waals surface area contributed by atoms with Crippen LogP contribution in [0.5, 0.6) is 0 Å². The summed E-state index contributed by atoms with van der Waals surface area (Å²) in [4.78, 5) is 23.2. The van der Waals surface area contributed by atoms with E-state index in [2.05, 4.69) is 49.9 Å². The van der Waals surface area contributed by atoms with Crippen molar-refractivity contribution in [1.29, 1.82) is 0 Å². The highest BCUT2D eigenvalue weighted by molar-refractivity contribution is 6.30. The molecule has 1 aromatic carbocycles. The molecule has 1 aromatic rings. The Kier molecular flexibility index (Phi) is 9.61. The third kappa shape index (κ3) is 6.36. The predicted octanol–water partition coefficient (Wildman–Crippen LogP) is 7.14. The molecule has 4 rings (SSSR count). The minimum absolute atomic E-state index is 0.105. The van der Waals surface area contributed by atoms with E-state index in [9.17, 15) is 4.79 Å². The third-order valence-electron chi connectivity index (χ3n) is 9.25. The smallest absolute Gasteiger partial charge is 0.335 e. The zero-order valence-electron chi connectivity index (χ0n) is 23.7. The number of rotatable bonds is 9. The Labute approximate surface area is 230 Å². The second-order valence-electron chi connectivity index (χ2n) is 12.5. The number of halogens is 1. The van der Waals surface area contributed by atoms with Crippen LogP contribution >= 0.6 is 11.6 Å². The number of benzene rings is 1. The molecule has 0 aromatic heterocycles. The van der Waals surface area contributed by atoms with Crippen LogP contribution in [0.15, 0.2) is 29.3 Å². The maximum absolute atomic E-state index is 13.4. The second kappa shape index (κ2) is 12.5. The Morgan fingerprint density at radius 3 is 2.30 bits per heavy atom. The first-order valence-electron chi connectivity index (χ1n) is 14.6. The fraction of sp³-hybridized carbons (Fsp3) is 0.742. The van der Waals surface area contributed by atoms with E-state index in [0.29, 0.717) is 29.8 Å². The lowest BCUT2D eigenvalue weighted by Gasteiger charge is -2.44. The topological polar surface area (TPSA) is 45.1 Å². The lowest BCUT2D eigenvalue weighted by molar-refractivity contribution is -0.150. The first kappa shape index (κ1) is 28.4. The van der Waals surface area contributed by atoms with Gasteiger partial charge in [-0.1, -0.05) is 69.7 Å². The quantitative estimate of drug-likeness (QED) is 0.319. The highest BCUT2D eigenvalue weighted by Crippen LogP contribution is 2.45. The Hall–Kier alpha value is -1.59. The number of carbonyl (C=O) groups is 1. The maximum atomic E-state index is 13.4. The summed E-state index contributed by atoms with van der Waals surface area (Å²) in [6, 6.07) is 9.41. The molecular formula is C31H48ClN3O2. The molecule has 0 saturated heterocycles. The van der Waals surface area contributed by atoms with Crippen LogP contribution in [0.2, 0.25) is 5.02 Å². The van der Waals surface area contributed by atoms with Crippen molar-refractivity contribution in [3.63, 3.8) is 0 Å². The Morgan fingerprint density at radius 1 is 1.08 bits per heavy atom. The van der Waals surface area contributed by atoms with Gasteiger partial charge in [0.2, 0.25) is 0 Å². The molecule has 0 radical (unpaired) electrons. The normalized spacial score (nSPS) is 29.7. The predicted molar refractivity (Wildman–Crippen MR) is 153 cm³/mol. The van der Waals surface area contributed by atoms with Crippen molar-refractivity contribution in [2.24, 2.45) is 22.7 Å². The number of hydrogen-bond acceptors (Lipinski definition) is 5. The molecule has 3 atom stereocenters. The molecule has 6 heteroatoms. The summed E-state index contributed by atoms with van der Waals surface area (Å²) in [5, 5.41) is 0.793. The van der Waals surface area contributed by atoms with Crippen LogP contribution in [0.4, 0.5) is 0 Å². The lowest BCUT2D eigenvalue weighted by Crippen LogP contribution is -2.55. The summed E-state index contributed by atoms with van der Waals surface area (Å²) in [5.41, 5.74) is 0.583. The van der Waals surface area contributed by atoms with E-state index in [4.69, 9.17) is 21.3 Å². The summed E-state index contributed by atoms with van der Waals surface area (Å²) in [6.45, 7) is 4.40. The molecule has 2 aliphatic carbocycles. The van der Waals surface area contributed by atoms with E-state index in [1.54, 1.807) is 0 Å². The van der Waals surface area contributed by atoms with E-state index < -0.39 is 5.54 Å². The zero-order chi connectivity index (χ0) is 26.6. The third-order valence-corrected chi connectivity index (χ3v) is 9.50. The van der Waals surface area contributed by atoms with Gasteiger partial charge in [-0.25, -0.2) is 4.79 Å². The number of aliphatic imine (C=N–C) groups is 1. The van der Waals surface area contributed by atoms with Gasteiger partial charge in [-0.2, -0.15) is 0 Å². The number of hydrogen-bond donors (Lipinski definition) is 0. The van der Waals surface area contributed by atoms with E-state index in [0.717, 1.165) is 17.9 Å². The molecule has 3 unspecified atom stereocenters. The molecule has 0 spiro atoms. The fourth-order valence-electron chi connectivity index (χ4n) is 7.59. The van der Waals surface area contributed by atoms with Crippen molar-refractivity contribution in [3.8, 4) is 0 Å². The number of nitrogens with zero attached hydrogens (tertiary/aromatic N) is 3. The van der Waals surface area contributed by atoms with Crippen molar-refractivity contribution in [2.75, 3.05) is 21.2 Å². The first-order valence-corrected chi connectivity index (χ1v) is 15.0. The van der Waals surface area contributed by atoms with Gasteiger partial charge in [0.05, 0.1) is 19.5 Å². The van der Waals surface area contributed by atoms with Crippen molar-refractivity contribution in [3.05, 3.63) is 34.9 Å². The summed E-state index contributed by atoms with van der Waals surface area (Å²) in [5.74, 6) is 1.46. The van der Waals surface area contributed by atoms with Crippen molar-refractivity contribution < 1.29 is 9.53 Å². The number of methoxy groups -OCH3 is 1. The molecule has 5 nitrogen and oxygen atoms in total. The van der Waals surface area contributed by atoms with Gasteiger partial charge in [0, 0.05) is 17.1 Å². The monoisotopic (exact) mass is 529 g/mol. The highest BCUT2D eigenvalue weighted by atomic mass is 35.5. The molecule has 0 amide bonds. The molecule has 0 bridgehead atoms.